The maximum Gasteiger partial charge on any atom is 0.307 e. The van der Waals surface area contributed by atoms with Gasteiger partial charge in [-0.25, -0.2) is 0 Å². The summed E-state index contributed by atoms with van der Waals surface area (Å²) in [5.41, 5.74) is 0. The Morgan fingerprint density at radius 1 is 1.17 bits per heavy atom. The van der Waals surface area contributed by atoms with Crippen molar-refractivity contribution in [3.8, 4) is 0 Å². The molecule has 0 aromatic heterocycles. The molecule has 2 rings (SSSR count). The molecule has 6 heteroatoms. The Kier molecular flexibility index (Phi) is 4.04. The molecular weight excluding hydrogens is 254 g/mol. The first kappa shape index (κ1) is 13.5. The van der Waals surface area contributed by atoms with Crippen LogP contribution < -0.4 is 0 Å². The normalized spacial score (nSPS) is 33.6. The van der Waals surface area contributed by atoms with Crippen molar-refractivity contribution in [2.75, 3.05) is 24.6 Å². The van der Waals surface area contributed by atoms with Crippen molar-refractivity contribution < 1.29 is 18.9 Å². The summed E-state index contributed by atoms with van der Waals surface area (Å²) in [6.07, 6.45) is 1.25. The van der Waals surface area contributed by atoms with E-state index in [4.69, 9.17) is 0 Å². The highest BCUT2D eigenvalue weighted by Crippen LogP contribution is 2.37. The van der Waals surface area contributed by atoms with Gasteiger partial charge in [0.1, 0.15) is 0 Å². The molecule has 2 aliphatic rings. The quantitative estimate of drug-likeness (QED) is 0.786. The second kappa shape index (κ2) is 5.38. The van der Waals surface area contributed by atoms with Gasteiger partial charge in [0, 0.05) is 35.4 Å². The SMILES string of the molecule is CC1CC(C(=O)O)C(C(=O)N2CCS(=O)CC2)C1. The summed E-state index contributed by atoms with van der Waals surface area (Å²) in [7, 11) is -0.814. The number of carboxylic acids is 1. The van der Waals surface area contributed by atoms with Gasteiger partial charge in [-0.3, -0.25) is 13.8 Å². The minimum absolute atomic E-state index is 0.0524. The van der Waals surface area contributed by atoms with Crippen LogP contribution in [0.2, 0.25) is 0 Å². The standard InChI is InChI=1S/C12H19NO4S/c1-8-6-9(10(7-8)12(15)16)11(14)13-2-4-18(17)5-3-13/h8-10H,2-7H2,1H3,(H,15,16). The smallest absolute Gasteiger partial charge is 0.307 e. The Hall–Kier alpha value is -0.910. The lowest BCUT2D eigenvalue weighted by Gasteiger charge is -2.30. The number of carbonyl (C=O) groups excluding carboxylic acids is 1. The van der Waals surface area contributed by atoms with E-state index in [0.29, 0.717) is 43.4 Å². The predicted octanol–water partition coefficient (Wildman–Crippen LogP) is 0.324. The molecule has 1 saturated carbocycles. The summed E-state index contributed by atoms with van der Waals surface area (Å²) >= 11 is 0. The van der Waals surface area contributed by atoms with Gasteiger partial charge in [-0.05, 0) is 18.8 Å². The van der Waals surface area contributed by atoms with Gasteiger partial charge in [-0.15, -0.1) is 0 Å². The van der Waals surface area contributed by atoms with Gasteiger partial charge in [0.25, 0.3) is 0 Å². The van der Waals surface area contributed by atoms with E-state index in [1.165, 1.54) is 0 Å². The minimum atomic E-state index is -0.863. The number of rotatable bonds is 2. The van der Waals surface area contributed by atoms with E-state index in [1.54, 1.807) is 4.90 Å². The van der Waals surface area contributed by atoms with E-state index in [0.717, 1.165) is 0 Å². The van der Waals surface area contributed by atoms with Gasteiger partial charge < -0.3 is 10.0 Å². The topological polar surface area (TPSA) is 74.7 Å². The van der Waals surface area contributed by atoms with Crippen LogP contribution in [0.3, 0.4) is 0 Å². The lowest BCUT2D eigenvalue weighted by Crippen LogP contribution is -2.46. The fourth-order valence-electron chi connectivity index (χ4n) is 2.93. The van der Waals surface area contributed by atoms with E-state index in [9.17, 15) is 18.9 Å². The molecule has 1 amide bonds. The van der Waals surface area contributed by atoms with Crippen molar-refractivity contribution in [3.63, 3.8) is 0 Å². The first-order valence-electron chi connectivity index (χ1n) is 6.35. The van der Waals surface area contributed by atoms with Gasteiger partial charge in [-0.2, -0.15) is 0 Å². The molecule has 18 heavy (non-hydrogen) atoms. The maximum atomic E-state index is 12.3. The zero-order valence-electron chi connectivity index (χ0n) is 10.5. The summed E-state index contributed by atoms with van der Waals surface area (Å²) in [4.78, 5) is 25.2. The molecule has 3 unspecified atom stereocenters. The molecule has 1 heterocycles. The fourth-order valence-corrected chi connectivity index (χ4v) is 3.98. The summed E-state index contributed by atoms with van der Waals surface area (Å²) in [6, 6.07) is 0. The predicted molar refractivity (Wildman–Crippen MR) is 67.5 cm³/mol. The molecule has 3 atom stereocenters. The Balaban J connectivity index is 2.03. The third kappa shape index (κ3) is 2.74. The third-order valence-corrected chi connectivity index (χ3v) is 5.20. The van der Waals surface area contributed by atoms with Gasteiger partial charge in [0.15, 0.2) is 0 Å². The van der Waals surface area contributed by atoms with Crippen LogP contribution in [0.5, 0.6) is 0 Å². The van der Waals surface area contributed by atoms with Crippen LogP contribution >= 0.6 is 0 Å². The van der Waals surface area contributed by atoms with Gasteiger partial charge in [0.05, 0.1) is 11.8 Å². The highest BCUT2D eigenvalue weighted by Gasteiger charge is 2.43. The molecule has 0 spiro atoms. The first-order valence-corrected chi connectivity index (χ1v) is 7.84. The molecule has 1 aliphatic carbocycles. The number of aliphatic carboxylic acids is 1. The zero-order valence-corrected chi connectivity index (χ0v) is 11.3. The zero-order chi connectivity index (χ0) is 13.3. The van der Waals surface area contributed by atoms with Crippen molar-refractivity contribution in [1.29, 1.82) is 0 Å². The average Bonchev–Trinajstić information content (AvgIpc) is 2.71. The second-order valence-electron chi connectivity index (χ2n) is 5.30. The van der Waals surface area contributed by atoms with Gasteiger partial charge >= 0.3 is 5.97 Å². The molecule has 1 N–H and O–H groups in total. The fraction of sp³-hybridized carbons (Fsp3) is 0.833. The van der Waals surface area contributed by atoms with E-state index < -0.39 is 22.7 Å². The number of nitrogens with zero attached hydrogens (tertiary/aromatic N) is 1. The highest BCUT2D eigenvalue weighted by atomic mass is 32.2. The Morgan fingerprint density at radius 2 is 1.72 bits per heavy atom. The number of carboxylic acid groups (broad SMARTS) is 1. The largest absolute Gasteiger partial charge is 0.481 e. The molecule has 0 aromatic carbocycles. The molecule has 0 aromatic rings. The van der Waals surface area contributed by atoms with Crippen LogP contribution in [-0.2, 0) is 20.4 Å². The summed E-state index contributed by atoms with van der Waals surface area (Å²) in [5.74, 6) is -0.512. The molecular formula is C12H19NO4S. The van der Waals surface area contributed by atoms with Crippen LogP contribution in [0.4, 0.5) is 0 Å². The Morgan fingerprint density at radius 3 is 2.28 bits per heavy atom. The Labute approximate surface area is 109 Å². The summed E-state index contributed by atoms with van der Waals surface area (Å²) < 4.78 is 11.3. The Bertz CT molecular complexity index is 374. The number of hydrogen-bond donors (Lipinski definition) is 1. The van der Waals surface area contributed by atoms with Crippen LogP contribution in [0.25, 0.3) is 0 Å². The maximum absolute atomic E-state index is 12.3. The van der Waals surface area contributed by atoms with Crippen molar-refractivity contribution in [3.05, 3.63) is 0 Å². The van der Waals surface area contributed by atoms with Gasteiger partial charge in [-0.1, -0.05) is 6.92 Å². The molecule has 0 radical (unpaired) electrons. The van der Waals surface area contributed by atoms with Crippen molar-refractivity contribution in [2.45, 2.75) is 19.8 Å². The third-order valence-electron chi connectivity index (χ3n) is 3.92. The van der Waals surface area contributed by atoms with Crippen molar-refractivity contribution in [2.24, 2.45) is 17.8 Å². The van der Waals surface area contributed by atoms with Crippen LogP contribution in [0.1, 0.15) is 19.8 Å². The van der Waals surface area contributed by atoms with Crippen LogP contribution in [0.15, 0.2) is 0 Å². The molecule has 1 saturated heterocycles. The molecule has 102 valence electrons. The summed E-state index contributed by atoms with van der Waals surface area (Å²) in [6.45, 7) is 3.00. The number of carbonyl (C=O) groups is 2. The van der Waals surface area contributed by atoms with E-state index >= 15 is 0 Å². The first-order chi connectivity index (χ1) is 8.49. The molecule has 2 fully saturated rings. The summed E-state index contributed by atoms with van der Waals surface area (Å²) in [5, 5.41) is 9.17. The van der Waals surface area contributed by atoms with Crippen LogP contribution in [-0.4, -0.2) is 50.7 Å². The van der Waals surface area contributed by atoms with Gasteiger partial charge in [0.2, 0.25) is 5.91 Å². The number of amides is 1. The van der Waals surface area contributed by atoms with E-state index in [1.807, 2.05) is 6.92 Å². The van der Waals surface area contributed by atoms with E-state index in [-0.39, 0.29) is 11.8 Å². The lowest BCUT2D eigenvalue weighted by atomic mass is 9.95. The van der Waals surface area contributed by atoms with Crippen molar-refractivity contribution in [1.82, 2.24) is 4.90 Å². The minimum Gasteiger partial charge on any atom is -0.481 e. The second-order valence-corrected chi connectivity index (χ2v) is 7.00. The highest BCUT2D eigenvalue weighted by molar-refractivity contribution is 7.85. The monoisotopic (exact) mass is 273 g/mol. The lowest BCUT2D eigenvalue weighted by molar-refractivity contribution is -0.149. The van der Waals surface area contributed by atoms with E-state index in [2.05, 4.69) is 0 Å². The average molecular weight is 273 g/mol. The molecule has 0 bridgehead atoms. The van der Waals surface area contributed by atoms with Crippen molar-refractivity contribution >= 4 is 22.7 Å². The van der Waals surface area contributed by atoms with Crippen LogP contribution in [0, 0.1) is 17.8 Å². The number of hydrogen-bond acceptors (Lipinski definition) is 3. The molecule has 5 nitrogen and oxygen atoms in total. The molecule has 1 aliphatic heterocycles.